The number of nitrogens with one attached hydrogen (secondary N) is 1. The lowest BCUT2D eigenvalue weighted by atomic mass is 10.1. The number of ether oxygens (including phenoxy) is 2. The van der Waals surface area contributed by atoms with Crippen molar-refractivity contribution in [1.29, 1.82) is 0 Å². The quantitative estimate of drug-likeness (QED) is 0.387. The van der Waals surface area contributed by atoms with E-state index in [0.29, 0.717) is 29.5 Å². The Hall–Kier alpha value is -3.26. The van der Waals surface area contributed by atoms with Crippen LogP contribution in [0.2, 0.25) is 0 Å². The van der Waals surface area contributed by atoms with Gasteiger partial charge in [0.15, 0.2) is 0 Å². The fraction of sp³-hybridized carbons (Fsp3) is 0.136. The van der Waals surface area contributed by atoms with Gasteiger partial charge in [-0.2, -0.15) is 4.39 Å². The average Bonchev–Trinajstić information content (AvgIpc) is 3.23. The van der Waals surface area contributed by atoms with E-state index < -0.39 is 5.95 Å². The molecule has 0 unspecified atom stereocenters. The van der Waals surface area contributed by atoms with Crippen molar-refractivity contribution in [2.75, 3.05) is 7.11 Å². The molecule has 152 valence electrons. The van der Waals surface area contributed by atoms with Crippen molar-refractivity contribution < 1.29 is 13.9 Å². The number of rotatable bonds is 6. The summed E-state index contributed by atoms with van der Waals surface area (Å²) in [6.07, 6.45) is 4.94. The Balaban J connectivity index is 1.54. The highest BCUT2D eigenvalue weighted by atomic mass is 79.9. The second-order valence-corrected chi connectivity index (χ2v) is 7.46. The molecule has 0 atom stereocenters. The molecule has 0 aliphatic rings. The molecule has 0 saturated carbocycles. The first kappa shape index (κ1) is 20.0. The van der Waals surface area contributed by atoms with E-state index in [4.69, 9.17) is 9.47 Å². The van der Waals surface area contributed by atoms with Crippen LogP contribution in [0.4, 0.5) is 4.39 Å². The number of aromatic amines is 1. The molecule has 4 aromatic rings. The molecule has 6 nitrogen and oxygen atoms in total. The molecule has 3 aromatic heterocycles. The van der Waals surface area contributed by atoms with Crippen molar-refractivity contribution in [3.05, 3.63) is 76.7 Å². The highest BCUT2D eigenvalue weighted by Crippen LogP contribution is 2.33. The van der Waals surface area contributed by atoms with Crippen LogP contribution in [0.3, 0.4) is 0 Å². The van der Waals surface area contributed by atoms with Crippen molar-refractivity contribution in [1.82, 2.24) is 19.9 Å². The topological polar surface area (TPSA) is 72.9 Å². The van der Waals surface area contributed by atoms with Crippen molar-refractivity contribution in [3.63, 3.8) is 0 Å². The van der Waals surface area contributed by atoms with Crippen LogP contribution >= 0.6 is 15.9 Å². The molecule has 1 aromatic carbocycles. The molecule has 4 rings (SSSR count). The minimum atomic E-state index is -0.532. The Morgan fingerprint density at radius 3 is 2.63 bits per heavy atom. The van der Waals surface area contributed by atoms with E-state index in [1.807, 2.05) is 31.2 Å². The maximum atomic E-state index is 13.0. The minimum absolute atomic E-state index is 0.329. The van der Waals surface area contributed by atoms with E-state index in [1.54, 1.807) is 25.6 Å². The number of aryl methyl sites for hydroxylation is 1. The van der Waals surface area contributed by atoms with Gasteiger partial charge in [0.25, 0.3) is 0 Å². The number of hydrogen-bond acceptors (Lipinski definition) is 5. The second-order valence-electron chi connectivity index (χ2n) is 6.61. The van der Waals surface area contributed by atoms with E-state index in [2.05, 4.69) is 35.9 Å². The molecule has 30 heavy (non-hydrogen) atoms. The fourth-order valence-electron chi connectivity index (χ4n) is 2.92. The van der Waals surface area contributed by atoms with Gasteiger partial charge in [0.05, 0.1) is 24.7 Å². The first-order valence-electron chi connectivity index (χ1n) is 9.12. The van der Waals surface area contributed by atoms with Gasteiger partial charge in [-0.1, -0.05) is 0 Å². The molecule has 0 bridgehead atoms. The lowest BCUT2D eigenvalue weighted by Crippen LogP contribution is -2.00. The van der Waals surface area contributed by atoms with Crippen LogP contribution in [0, 0.1) is 12.9 Å². The van der Waals surface area contributed by atoms with Gasteiger partial charge in [-0.25, -0.2) is 9.97 Å². The molecular formula is C22H18BrFN4O2. The first-order valence-corrected chi connectivity index (χ1v) is 9.92. The minimum Gasteiger partial charge on any atom is -0.496 e. The van der Waals surface area contributed by atoms with Gasteiger partial charge in [-0.15, -0.1) is 0 Å². The number of hydrogen-bond donors (Lipinski definition) is 1. The number of nitrogens with zero attached hydrogens (tertiary/aromatic N) is 3. The molecule has 3 heterocycles. The van der Waals surface area contributed by atoms with Crippen molar-refractivity contribution >= 4 is 15.9 Å². The zero-order valence-corrected chi connectivity index (χ0v) is 17.9. The SMILES string of the molecule is COc1cc(OCc2ncc(C)cc2Br)ccc1-c1cnc(-c2ccc(F)nc2)[nH]1. The molecule has 0 aliphatic heterocycles. The molecule has 0 amide bonds. The number of H-pyrrole nitrogens is 1. The summed E-state index contributed by atoms with van der Waals surface area (Å²) in [6, 6.07) is 10.5. The van der Waals surface area contributed by atoms with Crippen LogP contribution in [0.1, 0.15) is 11.3 Å². The van der Waals surface area contributed by atoms with Crippen LogP contribution < -0.4 is 9.47 Å². The third-order valence-electron chi connectivity index (χ3n) is 4.47. The first-order chi connectivity index (χ1) is 14.5. The van der Waals surface area contributed by atoms with E-state index in [9.17, 15) is 4.39 Å². The monoisotopic (exact) mass is 468 g/mol. The summed E-state index contributed by atoms with van der Waals surface area (Å²) in [6.45, 7) is 2.31. The molecule has 0 saturated heterocycles. The summed E-state index contributed by atoms with van der Waals surface area (Å²) >= 11 is 3.51. The third-order valence-corrected chi connectivity index (χ3v) is 5.16. The molecule has 0 aliphatic carbocycles. The van der Waals surface area contributed by atoms with Crippen molar-refractivity contribution in [2.24, 2.45) is 0 Å². The van der Waals surface area contributed by atoms with Crippen LogP contribution in [0.25, 0.3) is 22.6 Å². The Kier molecular flexibility index (Phi) is 5.76. The maximum absolute atomic E-state index is 13.0. The molecule has 1 N–H and O–H groups in total. The molecular weight excluding hydrogens is 451 g/mol. The average molecular weight is 469 g/mol. The van der Waals surface area contributed by atoms with Crippen LogP contribution in [-0.2, 0) is 6.61 Å². The van der Waals surface area contributed by atoms with Crippen LogP contribution in [0.15, 0.2) is 59.5 Å². The fourth-order valence-corrected chi connectivity index (χ4v) is 3.50. The lowest BCUT2D eigenvalue weighted by molar-refractivity contribution is 0.298. The van der Waals surface area contributed by atoms with Gasteiger partial charge < -0.3 is 14.5 Å². The normalized spacial score (nSPS) is 10.8. The van der Waals surface area contributed by atoms with Crippen molar-refractivity contribution in [2.45, 2.75) is 13.5 Å². The number of aromatic nitrogens is 4. The Morgan fingerprint density at radius 2 is 1.90 bits per heavy atom. The molecule has 0 fully saturated rings. The Bertz CT molecular complexity index is 1180. The summed E-state index contributed by atoms with van der Waals surface area (Å²) in [5.41, 5.74) is 4.17. The highest BCUT2D eigenvalue weighted by molar-refractivity contribution is 9.10. The number of benzene rings is 1. The summed E-state index contributed by atoms with van der Waals surface area (Å²) in [4.78, 5) is 15.6. The standard InChI is InChI=1S/C22H18BrFN4O2/c1-13-7-17(23)19(25-9-13)12-30-15-4-5-16(20(8-15)29-2)18-11-27-22(28-18)14-3-6-21(24)26-10-14/h3-11H,12H2,1-2H3,(H,27,28). The van der Waals surface area contributed by atoms with Gasteiger partial charge in [0.2, 0.25) is 5.95 Å². The zero-order chi connectivity index (χ0) is 21.1. The second kappa shape index (κ2) is 8.62. The molecule has 0 spiro atoms. The van der Waals surface area contributed by atoms with E-state index in [-0.39, 0.29) is 0 Å². The van der Waals surface area contributed by atoms with E-state index >= 15 is 0 Å². The predicted molar refractivity (Wildman–Crippen MR) is 115 cm³/mol. The van der Waals surface area contributed by atoms with E-state index in [0.717, 1.165) is 27.0 Å². The number of imidazole rings is 1. The third kappa shape index (κ3) is 4.33. The van der Waals surface area contributed by atoms with Gasteiger partial charge in [0.1, 0.15) is 23.9 Å². The predicted octanol–water partition coefficient (Wildman–Crippen LogP) is 5.33. The summed E-state index contributed by atoms with van der Waals surface area (Å²) in [5.74, 6) is 1.36. The largest absolute Gasteiger partial charge is 0.496 e. The van der Waals surface area contributed by atoms with Crippen molar-refractivity contribution in [3.8, 4) is 34.1 Å². The van der Waals surface area contributed by atoms with E-state index in [1.165, 1.54) is 12.3 Å². The van der Waals surface area contributed by atoms with Gasteiger partial charge in [0, 0.05) is 34.1 Å². The lowest BCUT2D eigenvalue weighted by Gasteiger charge is -2.11. The maximum Gasteiger partial charge on any atom is 0.212 e. The van der Waals surface area contributed by atoms with Crippen LogP contribution in [0.5, 0.6) is 11.5 Å². The van der Waals surface area contributed by atoms with Gasteiger partial charge in [-0.3, -0.25) is 4.98 Å². The van der Waals surface area contributed by atoms with Gasteiger partial charge in [-0.05, 0) is 58.7 Å². The van der Waals surface area contributed by atoms with Crippen LogP contribution in [-0.4, -0.2) is 27.0 Å². The molecule has 8 heteroatoms. The number of pyridine rings is 2. The Labute approximate surface area is 181 Å². The summed E-state index contributed by atoms with van der Waals surface area (Å²) < 4.78 is 25.4. The highest BCUT2D eigenvalue weighted by Gasteiger charge is 2.12. The summed E-state index contributed by atoms with van der Waals surface area (Å²) in [7, 11) is 1.60. The van der Waals surface area contributed by atoms with Gasteiger partial charge >= 0.3 is 0 Å². The Morgan fingerprint density at radius 1 is 1.03 bits per heavy atom. The molecule has 0 radical (unpaired) electrons. The number of methoxy groups -OCH3 is 1. The smallest absolute Gasteiger partial charge is 0.212 e. The number of halogens is 2. The summed E-state index contributed by atoms with van der Waals surface area (Å²) in [5, 5.41) is 0. The zero-order valence-electron chi connectivity index (χ0n) is 16.3.